The highest BCUT2D eigenvalue weighted by molar-refractivity contribution is 6.00. The van der Waals surface area contributed by atoms with Crippen molar-refractivity contribution in [1.29, 1.82) is 0 Å². The van der Waals surface area contributed by atoms with Gasteiger partial charge in [-0.2, -0.15) is 0 Å². The number of fused-ring (bicyclic) bond motifs is 1. The Kier molecular flexibility index (Phi) is 4.58. The van der Waals surface area contributed by atoms with Crippen LogP contribution in [0.2, 0.25) is 0 Å². The Morgan fingerprint density at radius 2 is 2.29 bits per heavy atom. The summed E-state index contributed by atoms with van der Waals surface area (Å²) in [6.45, 7) is -0.412. The van der Waals surface area contributed by atoms with E-state index in [1.165, 1.54) is 12.1 Å². The monoisotopic (exact) mass is 337 g/mol. The zero-order valence-corrected chi connectivity index (χ0v) is 12.5. The van der Waals surface area contributed by atoms with Gasteiger partial charge in [-0.3, -0.25) is 0 Å². The summed E-state index contributed by atoms with van der Waals surface area (Å²) in [5.74, 6) is -0.204. The number of nitrogens with one attached hydrogen (secondary N) is 2. The van der Waals surface area contributed by atoms with E-state index in [2.05, 4.69) is 30.7 Å². The molecule has 0 radical (unpaired) electrons. The fourth-order valence-electron chi connectivity index (χ4n) is 2.45. The number of nitrogens with zero attached hydrogens (tertiary/aromatic N) is 3. The van der Waals surface area contributed by atoms with Gasteiger partial charge in [0.2, 0.25) is 5.82 Å². The molecule has 0 saturated carbocycles. The second kappa shape index (κ2) is 6.81. The van der Waals surface area contributed by atoms with Crippen LogP contribution in [0.25, 0.3) is 0 Å². The minimum Gasteiger partial charge on any atom is -0.409 e. The number of halogens is 1. The molecule has 0 fully saturated rings. The van der Waals surface area contributed by atoms with Crippen molar-refractivity contribution in [3.8, 4) is 0 Å². The first kappa shape index (κ1) is 16.1. The van der Waals surface area contributed by atoms with E-state index in [-0.39, 0.29) is 35.8 Å². The quantitative estimate of drug-likeness (QED) is 0.215. The van der Waals surface area contributed by atoms with Gasteiger partial charge in [0, 0.05) is 6.54 Å². The molecule has 0 aliphatic heterocycles. The molecule has 1 aliphatic carbocycles. The summed E-state index contributed by atoms with van der Waals surface area (Å²) in [6.07, 6.45) is -0.343. The molecule has 9 nitrogen and oxygen atoms in total. The van der Waals surface area contributed by atoms with Crippen LogP contribution in [0.15, 0.2) is 28.0 Å². The molecule has 1 heterocycles. The summed E-state index contributed by atoms with van der Waals surface area (Å²) in [4.78, 5) is 0. The summed E-state index contributed by atoms with van der Waals surface area (Å²) in [7, 11) is 0. The second-order valence-electron chi connectivity index (χ2n) is 5.37. The Hall–Kier alpha value is -2.72. The van der Waals surface area contributed by atoms with Gasteiger partial charge in [0.05, 0.1) is 18.8 Å². The van der Waals surface area contributed by atoms with E-state index in [9.17, 15) is 14.7 Å². The molecular formula is C14H16FN5O4. The van der Waals surface area contributed by atoms with Crippen molar-refractivity contribution in [1.82, 2.24) is 15.6 Å². The van der Waals surface area contributed by atoms with Crippen molar-refractivity contribution in [2.75, 3.05) is 18.5 Å². The highest BCUT2D eigenvalue weighted by Gasteiger charge is 2.29. The molecule has 128 valence electrons. The van der Waals surface area contributed by atoms with E-state index in [4.69, 9.17) is 5.11 Å². The maximum absolute atomic E-state index is 13.3. The normalized spacial score (nSPS) is 17.8. The van der Waals surface area contributed by atoms with Crippen LogP contribution in [-0.2, 0) is 6.42 Å². The zero-order chi connectivity index (χ0) is 17.1. The predicted octanol–water partition coefficient (Wildman–Crippen LogP) is -0.00340. The van der Waals surface area contributed by atoms with Gasteiger partial charge < -0.3 is 26.1 Å². The number of oxime groups is 1. The summed E-state index contributed by atoms with van der Waals surface area (Å²) in [5.41, 5.74) is 1.89. The van der Waals surface area contributed by atoms with Gasteiger partial charge >= 0.3 is 0 Å². The van der Waals surface area contributed by atoms with Crippen molar-refractivity contribution in [3.05, 3.63) is 40.8 Å². The second-order valence-corrected chi connectivity index (χ2v) is 5.37. The molecule has 0 saturated heterocycles. The molecule has 5 N–H and O–H groups in total. The fraction of sp³-hybridized carbons (Fsp3) is 0.357. The summed E-state index contributed by atoms with van der Waals surface area (Å²) in [6, 6.07) is 4.30. The van der Waals surface area contributed by atoms with Crippen molar-refractivity contribution in [2.24, 2.45) is 5.16 Å². The fourth-order valence-corrected chi connectivity index (χ4v) is 2.45. The van der Waals surface area contributed by atoms with Crippen molar-refractivity contribution >= 4 is 11.7 Å². The molecule has 0 spiro atoms. The van der Waals surface area contributed by atoms with Crippen molar-refractivity contribution in [2.45, 2.75) is 18.6 Å². The average molecular weight is 337 g/mol. The number of benzene rings is 1. The third-order valence-corrected chi connectivity index (χ3v) is 3.75. The molecular weight excluding hydrogens is 321 g/mol. The first-order valence-electron chi connectivity index (χ1n) is 7.25. The van der Waals surface area contributed by atoms with Gasteiger partial charge in [0.25, 0.3) is 0 Å². The number of anilines is 1. The lowest BCUT2D eigenvalue weighted by Crippen LogP contribution is -2.37. The van der Waals surface area contributed by atoms with Gasteiger partial charge in [-0.1, -0.05) is 11.2 Å². The van der Waals surface area contributed by atoms with Gasteiger partial charge in [0.1, 0.15) is 5.82 Å². The predicted molar refractivity (Wildman–Crippen MR) is 80.2 cm³/mol. The van der Waals surface area contributed by atoms with Gasteiger partial charge in [-0.25, -0.2) is 9.02 Å². The van der Waals surface area contributed by atoms with E-state index in [1.54, 1.807) is 6.07 Å². The minimum absolute atomic E-state index is 0.00264. The molecule has 0 bridgehead atoms. The Morgan fingerprint density at radius 3 is 3.04 bits per heavy atom. The van der Waals surface area contributed by atoms with E-state index in [0.29, 0.717) is 6.42 Å². The molecule has 2 aromatic rings. The van der Waals surface area contributed by atoms with Crippen LogP contribution in [0.5, 0.6) is 0 Å². The summed E-state index contributed by atoms with van der Waals surface area (Å²) < 4.78 is 17.9. The molecule has 2 atom stereocenters. The first-order chi connectivity index (χ1) is 11.6. The molecule has 24 heavy (non-hydrogen) atoms. The standard InChI is InChI=1S/C14H16FN5O4/c15-8-2-1-7-3-11(10(7)4-8)17-14(18-23)12-13(20-24-19-12)16-5-9(22)6-21/h1-2,4,9,11,21-23H,3,5-6H2,(H,16,20)(H,17,18). The van der Waals surface area contributed by atoms with Crippen molar-refractivity contribution < 1.29 is 24.4 Å². The molecule has 0 amide bonds. The van der Waals surface area contributed by atoms with E-state index < -0.39 is 12.7 Å². The maximum Gasteiger partial charge on any atom is 0.202 e. The zero-order valence-electron chi connectivity index (χ0n) is 12.5. The Bertz CT molecular complexity index is 751. The van der Waals surface area contributed by atoms with Crippen LogP contribution < -0.4 is 10.6 Å². The Balaban J connectivity index is 1.71. The van der Waals surface area contributed by atoms with Crippen LogP contribution >= 0.6 is 0 Å². The largest absolute Gasteiger partial charge is 0.409 e. The molecule has 1 aromatic carbocycles. The SMILES string of the molecule is OCC(O)CNc1nonc1C(=NO)NC1Cc2ccc(F)cc21. The molecule has 3 rings (SSSR count). The first-order valence-corrected chi connectivity index (χ1v) is 7.25. The van der Waals surface area contributed by atoms with Gasteiger partial charge in [-0.15, -0.1) is 0 Å². The number of hydrogen-bond donors (Lipinski definition) is 5. The van der Waals surface area contributed by atoms with Crippen LogP contribution in [0.3, 0.4) is 0 Å². The van der Waals surface area contributed by atoms with Crippen molar-refractivity contribution in [3.63, 3.8) is 0 Å². The smallest absolute Gasteiger partial charge is 0.202 e. The number of hydrogen-bond acceptors (Lipinski definition) is 8. The third kappa shape index (κ3) is 3.14. The topological polar surface area (TPSA) is 136 Å². The molecule has 2 unspecified atom stereocenters. The molecule has 1 aliphatic rings. The lowest BCUT2D eigenvalue weighted by Gasteiger charge is -2.31. The Labute approximate surface area is 135 Å². The van der Waals surface area contributed by atoms with Gasteiger partial charge in [0.15, 0.2) is 11.5 Å². The van der Waals surface area contributed by atoms with Crippen LogP contribution in [0, 0.1) is 5.82 Å². The summed E-state index contributed by atoms with van der Waals surface area (Å²) in [5, 5.41) is 43.5. The van der Waals surface area contributed by atoms with E-state index >= 15 is 0 Å². The molecule has 10 heteroatoms. The van der Waals surface area contributed by atoms with Crippen LogP contribution in [0.4, 0.5) is 10.2 Å². The minimum atomic E-state index is -0.987. The van der Waals surface area contributed by atoms with E-state index in [1.807, 2.05) is 0 Å². The number of aliphatic hydroxyl groups is 2. The lowest BCUT2D eigenvalue weighted by atomic mass is 9.83. The number of aliphatic hydroxyl groups excluding tert-OH is 2. The van der Waals surface area contributed by atoms with Gasteiger partial charge in [-0.05, 0) is 40.0 Å². The van der Waals surface area contributed by atoms with E-state index in [0.717, 1.165) is 11.1 Å². The Morgan fingerprint density at radius 1 is 1.46 bits per heavy atom. The molecule has 1 aromatic heterocycles. The average Bonchev–Trinajstić information content (AvgIpc) is 3.04. The third-order valence-electron chi connectivity index (χ3n) is 3.75. The number of rotatable bonds is 6. The highest BCUT2D eigenvalue weighted by Crippen LogP contribution is 2.33. The number of amidine groups is 1. The maximum atomic E-state index is 13.3. The lowest BCUT2D eigenvalue weighted by molar-refractivity contribution is 0.105. The highest BCUT2D eigenvalue weighted by atomic mass is 19.1. The van der Waals surface area contributed by atoms with Crippen LogP contribution in [0.1, 0.15) is 22.9 Å². The van der Waals surface area contributed by atoms with Crippen LogP contribution in [-0.4, -0.2) is 50.8 Å². The number of aromatic nitrogens is 2. The summed E-state index contributed by atoms with van der Waals surface area (Å²) >= 11 is 0.